The first-order valence-electron chi connectivity index (χ1n) is 10.4. The van der Waals surface area contributed by atoms with Crippen LogP contribution in [0.3, 0.4) is 0 Å². The maximum absolute atomic E-state index is 6.17. The molecule has 0 bridgehead atoms. The predicted molar refractivity (Wildman–Crippen MR) is 120 cm³/mol. The van der Waals surface area contributed by atoms with Crippen molar-refractivity contribution in [3.63, 3.8) is 0 Å². The molecule has 2 heterocycles. The van der Waals surface area contributed by atoms with Gasteiger partial charge in [0.25, 0.3) is 0 Å². The molecular weight excluding hydrogens is 374 g/mol. The van der Waals surface area contributed by atoms with E-state index in [1.807, 2.05) is 30.5 Å². The van der Waals surface area contributed by atoms with Crippen LogP contribution in [-0.2, 0) is 6.54 Å². The lowest BCUT2D eigenvalue weighted by molar-refractivity contribution is 0.478. The summed E-state index contributed by atoms with van der Waals surface area (Å²) in [5, 5.41) is 3.43. The van der Waals surface area contributed by atoms with Crippen LogP contribution in [0.25, 0.3) is 11.0 Å². The third-order valence-corrected chi connectivity index (χ3v) is 5.49. The van der Waals surface area contributed by atoms with Crippen molar-refractivity contribution in [1.29, 1.82) is 0 Å². The summed E-state index contributed by atoms with van der Waals surface area (Å²) in [5.74, 6) is 3.22. The zero-order chi connectivity index (χ0) is 20.5. The fraction of sp³-hybridized carbons (Fsp3) is 0.250. The molecular formula is C24H25N5O. The molecule has 0 atom stereocenters. The van der Waals surface area contributed by atoms with Gasteiger partial charge in [-0.15, -0.1) is 0 Å². The number of ether oxygens (including phenoxy) is 1. The highest BCUT2D eigenvalue weighted by Gasteiger charge is 2.23. The molecule has 4 aromatic rings. The number of benzene rings is 2. The van der Waals surface area contributed by atoms with E-state index in [2.05, 4.69) is 51.0 Å². The molecule has 6 heteroatoms. The van der Waals surface area contributed by atoms with Gasteiger partial charge in [0.1, 0.15) is 23.3 Å². The van der Waals surface area contributed by atoms with Gasteiger partial charge in [-0.25, -0.2) is 9.97 Å². The lowest BCUT2D eigenvalue weighted by atomic mass is 10.1. The van der Waals surface area contributed by atoms with Crippen molar-refractivity contribution in [2.45, 2.75) is 32.2 Å². The molecule has 0 saturated heterocycles. The highest BCUT2D eigenvalue weighted by atomic mass is 16.5. The van der Waals surface area contributed by atoms with Crippen molar-refractivity contribution in [2.24, 2.45) is 5.73 Å². The predicted octanol–water partition coefficient (Wildman–Crippen LogP) is 5.11. The Morgan fingerprint density at radius 1 is 1.13 bits per heavy atom. The molecule has 5 rings (SSSR count). The van der Waals surface area contributed by atoms with E-state index in [0.29, 0.717) is 12.5 Å². The van der Waals surface area contributed by atoms with Crippen LogP contribution in [0.5, 0.6) is 11.5 Å². The first-order valence-corrected chi connectivity index (χ1v) is 10.4. The highest BCUT2D eigenvalue weighted by molar-refractivity contribution is 5.88. The van der Waals surface area contributed by atoms with Gasteiger partial charge in [0.2, 0.25) is 0 Å². The SMILES string of the molecule is Cc1cc(Nc2ncnc3ccn(CCN)c23)ccc1Oc1cccc(C2CC2)c1. The third-order valence-electron chi connectivity index (χ3n) is 5.49. The first-order chi connectivity index (χ1) is 14.7. The van der Waals surface area contributed by atoms with Gasteiger partial charge in [0, 0.05) is 25.0 Å². The maximum atomic E-state index is 6.17. The summed E-state index contributed by atoms with van der Waals surface area (Å²) >= 11 is 0. The largest absolute Gasteiger partial charge is 0.457 e. The van der Waals surface area contributed by atoms with Crippen LogP contribution in [0.4, 0.5) is 11.5 Å². The minimum atomic E-state index is 0.561. The summed E-state index contributed by atoms with van der Waals surface area (Å²) in [6.07, 6.45) is 6.14. The summed E-state index contributed by atoms with van der Waals surface area (Å²) in [5.41, 5.74) is 11.0. The lowest BCUT2D eigenvalue weighted by Crippen LogP contribution is -2.10. The fourth-order valence-corrected chi connectivity index (χ4v) is 3.80. The highest BCUT2D eigenvalue weighted by Crippen LogP contribution is 2.41. The lowest BCUT2D eigenvalue weighted by Gasteiger charge is -2.13. The summed E-state index contributed by atoms with van der Waals surface area (Å²) in [4.78, 5) is 8.81. The molecule has 2 aromatic carbocycles. The number of hydrogen-bond acceptors (Lipinski definition) is 5. The Bertz CT molecular complexity index is 1200. The minimum Gasteiger partial charge on any atom is -0.457 e. The Balaban J connectivity index is 1.38. The van der Waals surface area contributed by atoms with Crippen LogP contribution in [-0.4, -0.2) is 21.1 Å². The molecule has 3 N–H and O–H groups in total. The normalized spacial score (nSPS) is 13.5. The zero-order valence-corrected chi connectivity index (χ0v) is 17.0. The second-order valence-electron chi connectivity index (χ2n) is 7.81. The van der Waals surface area contributed by atoms with E-state index in [4.69, 9.17) is 10.5 Å². The van der Waals surface area contributed by atoms with Crippen molar-refractivity contribution in [2.75, 3.05) is 11.9 Å². The Hall–Kier alpha value is -3.38. The Kier molecular flexibility index (Phi) is 4.85. The molecule has 1 aliphatic rings. The summed E-state index contributed by atoms with van der Waals surface area (Å²) in [6.45, 7) is 3.33. The van der Waals surface area contributed by atoms with Crippen LogP contribution in [0.15, 0.2) is 61.1 Å². The number of nitrogens with two attached hydrogens (primary N) is 1. The van der Waals surface area contributed by atoms with Crippen LogP contribution in [0, 0.1) is 6.92 Å². The Labute approximate surface area is 175 Å². The summed E-state index contributed by atoms with van der Waals surface area (Å²) < 4.78 is 8.25. The molecule has 0 aliphatic heterocycles. The third kappa shape index (κ3) is 3.74. The van der Waals surface area contributed by atoms with Gasteiger partial charge in [-0.1, -0.05) is 12.1 Å². The quantitative estimate of drug-likeness (QED) is 0.451. The number of hydrogen-bond donors (Lipinski definition) is 2. The smallest absolute Gasteiger partial charge is 0.158 e. The van der Waals surface area contributed by atoms with Gasteiger partial charge >= 0.3 is 0 Å². The zero-order valence-electron chi connectivity index (χ0n) is 17.0. The second kappa shape index (κ2) is 7.80. The van der Waals surface area contributed by atoms with E-state index in [0.717, 1.165) is 46.1 Å². The van der Waals surface area contributed by atoms with Gasteiger partial charge < -0.3 is 20.4 Å². The van der Waals surface area contributed by atoms with Gasteiger partial charge in [0.15, 0.2) is 5.82 Å². The van der Waals surface area contributed by atoms with Crippen LogP contribution in [0.1, 0.15) is 29.9 Å². The molecule has 0 unspecified atom stereocenters. The Morgan fingerprint density at radius 3 is 2.83 bits per heavy atom. The van der Waals surface area contributed by atoms with Crippen LogP contribution < -0.4 is 15.8 Å². The number of anilines is 2. The van der Waals surface area contributed by atoms with Crippen molar-refractivity contribution < 1.29 is 4.74 Å². The number of aryl methyl sites for hydroxylation is 1. The van der Waals surface area contributed by atoms with E-state index >= 15 is 0 Å². The molecule has 0 radical (unpaired) electrons. The van der Waals surface area contributed by atoms with Gasteiger partial charge in [-0.3, -0.25) is 0 Å². The fourth-order valence-electron chi connectivity index (χ4n) is 3.80. The molecule has 152 valence electrons. The average molecular weight is 399 g/mol. The van der Waals surface area contributed by atoms with E-state index in [1.54, 1.807) is 6.33 Å². The minimum absolute atomic E-state index is 0.561. The number of nitrogens with one attached hydrogen (secondary N) is 1. The maximum Gasteiger partial charge on any atom is 0.158 e. The molecule has 30 heavy (non-hydrogen) atoms. The van der Waals surface area contributed by atoms with Crippen molar-refractivity contribution in [1.82, 2.24) is 14.5 Å². The molecule has 6 nitrogen and oxygen atoms in total. The van der Waals surface area contributed by atoms with Crippen LogP contribution >= 0.6 is 0 Å². The average Bonchev–Trinajstić information content (AvgIpc) is 3.52. The monoisotopic (exact) mass is 399 g/mol. The number of rotatable bonds is 7. The van der Waals surface area contributed by atoms with Crippen molar-refractivity contribution >= 4 is 22.5 Å². The molecule has 1 aliphatic carbocycles. The van der Waals surface area contributed by atoms with Crippen LogP contribution in [0.2, 0.25) is 0 Å². The molecule has 0 amide bonds. The molecule has 1 saturated carbocycles. The van der Waals surface area contributed by atoms with Gasteiger partial charge in [0.05, 0.1) is 5.52 Å². The standard InChI is InChI=1S/C24H25N5O/c1-16-13-19(28-24-23-21(26-15-27-24)9-11-29(23)12-10-25)7-8-22(16)30-20-4-2-3-18(14-20)17-5-6-17/h2-4,7-9,11,13-15,17H,5-6,10,12,25H2,1H3,(H,26,27,28). The first kappa shape index (κ1) is 18.6. The summed E-state index contributed by atoms with van der Waals surface area (Å²) in [6, 6.07) is 16.5. The van der Waals surface area contributed by atoms with E-state index in [9.17, 15) is 0 Å². The Morgan fingerprint density at radius 2 is 2.03 bits per heavy atom. The number of fused-ring (bicyclic) bond motifs is 1. The molecule has 0 spiro atoms. The molecule has 2 aromatic heterocycles. The summed E-state index contributed by atoms with van der Waals surface area (Å²) in [7, 11) is 0. The van der Waals surface area contributed by atoms with Gasteiger partial charge in [-0.05, 0) is 73.2 Å². The van der Waals surface area contributed by atoms with Crippen molar-refractivity contribution in [3.8, 4) is 11.5 Å². The topological polar surface area (TPSA) is 78.0 Å². The van der Waals surface area contributed by atoms with E-state index < -0.39 is 0 Å². The van der Waals surface area contributed by atoms with Crippen molar-refractivity contribution in [3.05, 3.63) is 72.2 Å². The molecule has 1 fully saturated rings. The second-order valence-corrected chi connectivity index (χ2v) is 7.81. The number of aromatic nitrogens is 3. The van der Waals surface area contributed by atoms with Gasteiger partial charge in [-0.2, -0.15) is 0 Å². The van der Waals surface area contributed by atoms with E-state index in [-0.39, 0.29) is 0 Å². The number of nitrogens with zero attached hydrogens (tertiary/aromatic N) is 3. The van der Waals surface area contributed by atoms with E-state index in [1.165, 1.54) is 18.4 Å².